The molecule has 1 saturated carbocycles. The van der Waals surface area contributed by atoms with Crippen LogP contribution >= 0.6 is 0 Å². The molecule has 2 atom stereocenters. The van der Waals surface area contributed by atoms with Gasteiger partial charge in [0, 0.05) is 25.3 Å². The first-order chi connectivity index (χ1) is 10.8. The summed E-state index contributed by atoms with van der Waals surface area (Å²) in [5, 5.41) is 2.40. The molecule has 2 unspecified atom stereocenters. The number of hydrogen-bond donors (Lipinski definition) is 1. The second kappa shape index (κ2) is 7.02. The molecule has 23 heavy (non-hydrogen) atoms. The zero-order chi connectivity index (χ0) is 17.1. The standard InChI is InChI=1S/C18H22FNO3/c1-10-6-11(2)16(12(3)7-10)17-14(21)8-13(18(17)23)9-15(22)20-5-4-19/h6-7,13,17H,4-5,8-9H2,1-3H3,(H,20,22). The molecule has 1 aromatic rings. The van der Waals surface area contributed by atoms with E-state index < -0.39 is 18.5 Å². The quantitative estimate of drug-likeness (QED) is 0.847. The molecule has 124 valence electrons. The highest BCUT2D eigenvalue weighted by Crippen LogP contribution is 2.37. The topological polar surface area (TPSA) is 63.2 Å². The number of Topliss-reactive ketones (excluding diaryl/α,β-unsaturated/α-hetero) is 2. The third-order valence-electron chi connectivity index (χ3n) is 4.33. The number of amides is 1. The van der Waals surface area contributed by atoms with Crippen molar-refractivity contribution in [2.75, 3.05) is 13.2 Å². The molecule has 5 heteroatoms. The van der Waals surface area contributed by atoms with Gasteiger partial charge in [-0.1, -0.05) is 17.7 Å². The Morgan fingerprint density at radius 3 is 2.39 bits per heavy atom. The first-order valence-electron chi connectivity index (χ1n) is 7.82. The number of ketones is 2. The van der Waals surface area contributed by atoms with E-state index in [9.17, 15) is 18.8 Å². The molecule has 1 N–H and O–H groups in total. The number of aryl methyl sites for hydroxylation is 3. The molecule has 0 aliphatic heterocycles. The van der Waals surface area contributed by atoms with Crippen LogP contribution in [-0.4, -0.2) is 30.7 Å². The lowest BCUT2D eigenvalue weighted by Gasteiger charge is -2.16. The number of carbonyl (C=O) groups is 3. The van der Waals surface area contributed by atoms with Crippen molar-refractivity contribution in [2.24, 2.45) is 5.92 Å². The molecule has 0 radical (unpaired) electrons. The lowest BCUT2D eigenvalue weighted by Crippen LogP contribution is -2.29. The average molecular weight is 319 g/mol. The minimum Gasteiger partial charge on any atom is -0.353 e. The number of rotatable bonds is 5. The minimum absolute atomic E-state index is 0.0506. The molecule has 1 fully saturated rings. The Bertz CT molecular complexity index is 631. The number of benzene rings is 1. The highest BCUT2D eigenvalue weighted by molar-refractivity contribution is 6.15. The normalized spacial score (nSPS) is 20.9. The number of nitrogens with one attached hydrogen (secondary N) is 1. The molecule has 0 aromatic heterocycles. The molecule has 1 amide bonds. The summed E-state index contributed by atoms with van der Waals surface area (Å²) < 4.78 is 12.1. The number of carbonyl (C=O) groups excluding carboxylic acids is 3. The predicted molar refractivity (Wildman–Crippen MR) is 85.1 cm³/mol. The zero-order valence-electron chi connectivity index (χ0n) is 13.7. The van der Waals surface area contributed by atoms with Crippen molar-refractivity contribution in [3.8, 4) is 0 Å². The minimum atomic E-state index is -0.769. The van der Waals surface area contributed by atoms with Gasteiger partial charge >= 0.3 is 0 Å². The average Bonchev–Trinajstić information content (AvgIpc) is 2.72. The van der Waals surface area contributed by atoms with E-state index in [1.807, 2.05) is 32.9 Å². The molecule has 2 rings (SSSR count). The zero-order valence-corrected chi connectivity index (χ0v) is 13.7. The molecule has 1 aromatic carbocycles. The highest BCUT2D eigenvalue weighted by Gasteiger charge is 2.43. The SMILES string of the molecule is Cc1cc(C)c(C2C(=O)CC(CC(=O)NCCF)C2=O)c(C)c1. The van der Waals surface area contributed by atoms with E-state index in [2.05, 4.69) is 5.32 Å². The van der Waals surface area contributed by atoms with Crippen molar-refractivity contribution in [1.29, 1.82) is 0 Å². The van der Waals surface area contributed by atoms with E-state index in [1.54, 1.807) is 0 Å². The summed E-state index contributed by atoms with van der Waals surface area (Å²) in [7, 11) is 0. The summed E-state index contributed by atoms with van der Waals surface area (Å²) >= 11 is 0. The third-order valence-corrected chi connectivity index (χ3v) is 4.33. The van der Waals surface area contributed by atoms with Gasteiger partial charge in [0.05, 0.1) is 0 Å². The van der Waals surface area contributed by atoms with Crippen LogP contribution in [0.25, 0.3) is 0 Å². The fraction of sp³-hybridized carbons (Fsp3) is 0.500. The van der Waals surface area contributed by atoms with Crippen molar-refractivity contribution in [1.82, 2.24) is 5.32 Å². The van der Waals surface area contributed by atoms with Crippen molar-refractivity contribution >= 4 is 17.5 Å². The first-order valence-corrected chi connectivity index (χ1v) is 7.82. The maximum atomic E-state index is 12.6. The van der Waals surface area contributed by atoms with Crippen LogP contribution in [0.15, 0.2) is 12.1 Å². The lowest BCUT2D eigenvalue weighted by atomic mass is 9.86. The molecule has 0 saturated heterocycles. The van der Waals surface area contributed by atoms with Crippen LogP contribution in [-0.2, 0) is 14.4 Å². The summed E-state index contributed by atoms with van der Waals surface area (Å²) in [5.74, 6) is -2.08. The van der Waals surface area contributed by atoms with Crippen molar-refractivity contribution < 1.29 is 18.8 Å². The van der Waals surface area contributed by atoms with Crippen LogP contribution in [0, 0.1) is 26.7 Å². The van der Waals surface area contributed by atoms with Crippen molar-refractivity contribution in [2.45, 2.75) is 39.5 Å². The van der Waals surface area contributed by atoms with Crippen LogP contribution in [0.4, 0.5) is 4.39 Å². The molecule has 4 nitrogen and oxygen atoms in total. The first kappa shape index (κ1) is 17.3. The van der Waals surface area contributed by atoms with Gasteiger partial charge in [0.25, 0.3) is 0 Å². The maximum absolute atomic E-state index is 12.6. The summed E-state index contributed by atoms with van der Waals surface area (Å²) in [6.07, 6.45) is 0.0321. The Labute approximate surface area is 135 Å². The number of hydrogen-bond acceptors (Lipinski definition) is 3. The summed E-state index contributed by atoms with van der Waals surface area (Å²) in [6, 6.07) is 3.92. The Hall–Kier alpha value is -2.04. The number of halogens is 1. The van der Waals surface area contributed by atoms with Crippen molar-refractivity contribution in [3.63, 3.8) is 0 Å². The van der Waals surface area contributed by atoms with Crippen LogP contribution < -0.4 is 5.32 Å². The highest BCUT2D eigenvalue weighted by atomic mass is 19.1. The van der Waals surface area contributed by atoms with Gasteiger partial charge in [-0.25, -0.2) is 4.39 Å². The monoisotopic (exact) mass is 319 g/mol. The Morgan fingerprint density at radius 1 is 1.22 bits per heavy atom. The molecular formula is C18H22FNO3. The van der Waals surface area contributed by atoms with Gasteiger partial charge < -0.3 is 5.32 Å². The fourth-order valence-corrected chi connectivity index (χ4v) is 3.46. The number of alkyl halides is 1. The molecule has 0 bridgehead atoms. The largest absolute Gasteiger partial charge is 0.353 e. The summed E-state index contributed by atoms with van der Waals surface area (Å²) in [4.78, 5) is 36.7. The molecule has 0 spiro atoms. The van der Waals surface area contributed by atoms with Gasteiger partial charge in [0.1, 0.15) is 18.4 Å². The Balaban J connectivity index is 2.21. The van der Waals surface area contributed by atoms with E-state index in [0.29, 0.717) is 0 Å². The second-order valence-electron chi connectivity index (χ2n) is 6.26. The molecule has 1 aliphatic carbocycles. The lowest BCUT2D eigenvalue weighted by molar-refractivity contribution is -0.128. The Morgan fingerprint density at radius 2 is 1.83 bits per heavy atom. The van der Waals surface area contributed by atoms with E-state index >= 15 is 0 Å². The van der Waals surface area contributed by atoms with Crippen LogP contribution in [0.5, 0.6) is 0 Å². The molecule has 1 aliphatic rings. The van der Waals surface area contributed by atoms with Gasteiger partial charge in [-0.15, -0.1) is 0 Å². The van der Waals surface area contributed by atoms with Crippen LogP contribution in [0.2, 0.25) is 0 Å². The fourth-order valence-electron chi connectivity index (χ4n) is 3.46. The van der Waals surface area contributed by atoms with Gasteiger partial charge in [0.2, 0.25) is 5.91 Å². The smallest absolute Gasteiger partial charge is 0.220 e. The van der Waals surface area contributed by atoms with E-state index in [0.717, 1.165) is 22.3 Å². The van der Waals surface area contributed by atoms with E-state index in [4.69, 9.17) is 0 Å². The summed E-state index contributed by atoms with van der Waals surface area (Å²) in [5.41, 5.74) is 3.72. The van der Waals surface area contributed by atoms with Gasteiger partial charge in [-0.3, -0.25) is 14.4 Å². The van der Waals surface area contributed by atoms with Gasteiger partial charge in [-0.2, -0.15) is 0 Å². The van der Waals surface area contributed by atoms with Crippen molar-refractivity contribution in [3.05, 3.63) is 34.4 Å². The van der Waals surface area contributed by atoms with E-state index in [-0.39, 0.29) is 36.9 Å². The van der Waals surface area contributed by atoms with Crippen LogP contribution in [0.1, 0.15) is 41.0 Å². The van der Waals surface area contributed by atoms with Gasteiger partial charge in [-0.05, 0) is 37.5 Å². The summed E-state index contributed by atoms with van der Waals surface area (Å²) in [6.45, 7) is 5.06. The molecule has 0 heterocycles. The predicted octanol–water partition coefficient (Wildman–Crippen LogP) is 2.33. The van der Waals surface area contributed by atoms with Crippen LogP contribution in [0.3, 0.4) is 0 Å². The second-order valence-corrected chi connectivity index (χ2v) is 6.26. The molecular weight excluding hydrogens is 297 g/mol. The maximum Gasteiger partial charge on any atom is 0.220 e. The Kier molecular flexibility index (Phi) is 5.29. The van der Waals surface area contributed by atoms with E-state index in [1.165, 1.54) is 0 Å². The van der Waals surface area contributed by atoms with Gasteiger partial charge in [0.15, 0.2) is 5.78 Å². The third kappa shape index (κ3) is 3.66.